The normalized spacial score (nSPS) is 14.3. The highest BCUT2D eigenvalue weighted by Gasteiger charge is 2.14. The molecule has 0 bridgehead atoms. The van der Waals surface area contributed by atoms with Crippen LogP contribution in [0.5, 0.6) is 0 Å². The van der Waals surface area contributed by atoms with Crippen LogP contribution >= 0.6 is 0 Å². The fourth-order valence-electron chi connectivity index (χ4n) is 0.901. The van der Waals surface area contributed by atoms with Gasteiger partial charge in [-0.2, -0.15) is 0 Å². The molecule has 0 saturated carbocycles. The van der Waals surface area contributed by atoms with Crippen LogP contribution in [-0.2, 0) is 4.79 Å². The first-order valence-corrected chi connectivity index (χ1v) is 4.10. The van der Waals surface area contributed by atoms with Crippen LogP contribution in [0.2, 0.25) is 0 Å². The first-order chi connectivity index (χ1) is 5.33. The number of aliphatic carboxylic acids is 1. The summed E-state index contributed by atoms with van der Waals surface area (Å²) in [5.74, 6) is -0.940. The molecule has 0 aromatic heterocycles. The lowest BCUT2D eigenvalue weighted by Gasteiger charge is -2.18. The van der Waals surface area contributed by atoms with E-state index in [1.165, 1.54) is 0 Å². The summed E-state index contributed by atoms with van der Waals surface area (Å²) in [5, 5.41) is 8.46. The van der Waals surface area contributed by atoms with Gasteiger partial charge >= 0.3 is 5.97 Å². The molecule has 4 nitrogen and oxygen atoms in total. The largest absolute Gasteiger partial charge is 0.480 e. The third-order valence-corrected chi connectivity index (χ3v) is 1.65. The van der Waals surface area contributed by atoms with Crippen LogP contribution < -0.4 is 11.5 Å². The van der Waals surface area contributed by atoms with Crippen LogP contribution in [0.25, 0.3) is 0 Å². The summed E-state index contributed by atoms with van der Waals surface area (Å²) in [6.45, 7) is 3.83. The molecule has 0 saturated heterocycles. The zero-order valence-corrected chi connectivity index (χ0v) is 7.71. The van der Waals surface area contributed by atoms with Crippen molar-refractivity contribution in [2.24, 2.45) is 11.5 Å². The van der Waals surface area contributed by atoms with E-state index < -0.39 is 12.0 Å². The standard InChI is InChI=1S/C8H18N2O2/c1-8(2,10)5-3-4-6(9)7(11)12/h6H,3-5,9-10H2,1-2H3,(H,11,12). The second-order valence-corrected chi connectivity index (χ2v) is 3.83. The summed E-state index contributed by atoms with van der Waals surface area (Å²) >= 11 is 0. The molecule has 0 heterocycles. The Labute approximate surface area is 72.9 Å². The van der Waals surface area contributed by atoms with E-state index >= 15 is 0 Å². The fraction of sp³-hybridized carbons (Fsp3) is 0.875. The summed E-state index contributed by atoms with van der Waals surface area (Å²) in [5.41, 5.74) is 10.8. The van der Waals surface area contributed by atoms with Gasteiger partial charge in [0, 0.05) is 5.54 Å². The summed E-state index contributed by atoms with van der Waals surface area (Å²) < 4.78 is 0. The van der Waals surface area contributed by atoms with Crippen molar-refractivity contribution in [1.29, 1.82) is 0 Å². The zero-order valence-electron chi connectivity index (χ0n) is 7.71. The molecule has 1 unspecified atom stereocenters. The molecule has 0 aliphatic heterocycles. The van der Waals surface area contributed by atoms with Gasteiger partial charge in [-0.15, -0.1) is 0 Å². The number of rotatable bonds is 5. The molecule has 0 rings (SSSR count). The van der Waals surface area contributed by atoms with Crippen LogP contribution in [0, 0.1) is 0 Å². The van der Waals surface area contributed by atoms with E-state index in [-0.39, 0.29) is 5.54 Å². The number of nitrogens with two attached hydrogens (primary N) is 2. The second kappa shape index (κ2) is 4.42. The number of carbonyl (C=O) groups is 1. The van der Waals surface area contributed by atoms with Crippen molar-refractivity contribution in [1.82, 2.24) is 0 Å². The summed E-state index contributed by atoms with van der Waals surface area (Å²) in [4.78, 5) is 10.3. The van der Waals surface area contributed by atoms with Crippen molar-refractivity contribution in [2.75, 3.05) is 0 Å². The van der Waals surface area contributed by atoms with Crippen molar-refractivity contribution in [3.8, 4) is 0 Å². The molecule has 0 aromatic carbocycles. The Morgan fingerprint density at radius 2 is 2.08 bits per heavy atom. The van der Waals surface area contributed by atoms with Gasteiger partial charge in [0.1, 0.15) is 6.04 Å². The van der Waals surface area contributed by atoms with Gasteiger partial charge in [0.15, 0.2) is 0 Å². The maximum Gasteiger partial charge on any atom is 0.320 e. The zero-order chi connectivity index (χ0) is 9.78. The summed E-state index contributed by atoms with van der Waals surface area (Å²) in [6.07, 6.45) is 2.06. The maximum atomic E-state index is 10.3. The van der Waals surface area contributed by atoms with Crippen molar-refractivity contribution in [3.63, 3.8) is 0 Å². The molecule has 5 N–H and O–H groups in total. The van der Waals surface area contributed by atoms with Crippen molar-refractivity contribution < 1.29 is 9.90 Å². The van der Waals surface area contributed by atoms with Crippen molar-refractivity contribution in [2.45, 2.75) is 44.7 Å². The quantitative estimate of drug-likeness (QED) is 0.559. The number of hydrogen-bond acceptors (Lipinski definition) is 3. The molecule has 4 heteroatoms. The van der Waals surface area contributed by atoms with Gasteiger partial charge < -0.3 is 16.6 Å². The maximum absolute atomic E-state index is 10.3. The number of hydrogen-bond donors (Lipinski definition) is 3. The highest BCUT2D eigenvalue weighted by atomic mass is 16.4. The van der Waals surface area contributed by atoms with Crippen LogP contribution in [-0.4, -0.2) is 22.7 Å². The Balaban J connectivity index is 3.51. The third-order valence-electron chi connectivity index (χ3n) is 1.65. The lowest BCUT2D eigenvalue weighted by Crippen LogP contribution is -2.34. The van der Waals surface area contributed by atoms with Gasteiger partial charge in [-0.3, -0.25) is 4.79 Å². The van der Waals surface area contributed by atoms with Crippen LogP contribution in [0.3, 0.4) is 0 Å². The Bertz CT molecular complexity index is 152. The van der Waals surface area contributed by atoms with Crippen LogP contribution in [0.1, 0.15) is 33.1 Å². The molecule has 12 heavy (non-hydrogen) atoms. The number of carboxylic acid groups (broad SMARTS) is 1. The van der Waals surface area contributed by atoms with Crippen molar-refractivity contribution >= 4 is 5.97 Å². The van der Waals surface area contributed by atoms with E-state index in [2.05, 4.69) is 0 Å². The SMILES string of the molecule is CC(C)(N)CCCC(N)C(=O)O. The van der Waals surface area contributed by atoms with E-state index in [4.69, 9.17) is 16.6 Å². The van der Waals surface area contributed by atoms with E-state index in [1.54, 1.807) is 0 Å². The average Bonchev–Trinajstić information content (AvgIpc) is 1.84. The minimum Gasteiger partial charge on any atom is -0.480 e. The monoisotopic (exact) mass is 174 g/mol. The van der Waals surface area contributed by atoms with E-state index in [0.717, 1.165) is 12.8 Å². The van der Waals surface area contributed by atoms with Gasteiger partial charge in [0.2, 0.25) is 0 Å². The molecular formula is C8H18N2O2. The molecular weight excluding hydrogens is 156 g/mol. The predicted octanol–water partition coefficient (Wildman–Crippen LogP) is 0.306. The molecule has 0 radical (unpaired) electrons. The first kappa shape index (κ1) is 11.4. The fourth-order valence-corrected chi connectivity index (χ4v) is 0.901. The Morgan fingerprint density at radius 1 is 1.58 bits per heavy atom. The molecule has 1 atom stereocenters. The molecule has 0 amide bonds. The van der Waals surface area contributed by atoms with Crippen molar-refractivity contribution in [3.05, 3.63) is 0 Å². The van der Waals surface area contributed by atoms with Gasteiger partial charge in [-0.25, -0.2) is 0 Å². The second-order valence-electron chi connectivity index (χ2n) is 3.83. The first-order valence-electron chi connectivity index (χ1n) is 4.10. The van der Waals surface area contributed by atoms with E-state index in [9.17, 15) is 4.79 Å². The summed E-state index contributed by atoms with van der Waals surface area (Å²) in [7, 11) is 0. The van der Waals surface area contributed by atoms with E-state index in [1.807, 2.05) is 13.8 Å². The summed E-state index contributed by atoms with van der Waals surface area (Å²) in [6, 6.07) is -0.743. The molecule has 0 aliphatic rings. The smallest absolute Gasteiger partial charge is 0.320 e. The lowest BCUT2D eigenvalue weighted by molar-refractivity contribution is -0.138. The molecule has 0 spiro atoms. The lowest BCUT2D eigenvalue weighted by atomic mass is 9.97. The van der Waals surface area contributed by atoms with Crippen LogP contribution in [0.4, 0.5) is 0 Å². The molecule has 72 valence electrons. The van der Waals surface area contributed by atoms with E-state index in [0.29, 0.717) is 6.42 Å². The number of carboxylic acids is 1. The Morgan fingerprint density at radius 3 is 2.42 bits per heavy atom. The Kier molecular flexibility index (Phi) is 4.20. The van der Waals surface area contributed by atoms with Crippen LogP contribution in [0.15, 0.2) is 0 Å². The minimum atomic E-state index is -0.940. The highest BCUT2D eigenvalue weighted by Crippen LogP contribution is 2.09. The highest BCUT2D eigenvalue weighted by molar-refractivity contribution is 5.72. The third kappa shape index (κ3) is 6.12. The van der Waals surface area contributed by atoms with Gasteiger partial charge in [-0.05, 0) is 33.1 Å². The topological polar surface area (TPSA) is 89.3 Å². The van der Waals surface area contributed by atoms with Gasteiger partial charge in [0.25, 0.3) is 0 Å². The Hall–Kier alpha value is -0.610. The minimum absolute atomic E-state index is 0.224. The molecule has 0 aromatic rings. The average molecular weight is 174 g/mol. The molecule has 0 fully saturated rings. The van der Waals surface area contributed by atoms with Gasteiger partial charge in [-0.1, -0.05) is 0 Å². The predicted molar refractivity (Wildman–Crippen MR) is 47.7 cm³/mol. The molecule has 0 aliphatic carbocycles. The van der Waals surface area contributed by atoms with Gasteiger partial charge in [0.05, 0.1) is 0 Å².